The van der Waals surface area contributed by atoms with E-state index >= 15 is 0 Å². The van der Waals surface area contributed by atoms with Crippen molar-refractivity contribution >= 4 is 57.0 Å². The van der Waals surface area contributed by atoms with Crippen molar-refractivity contribution < 1.29 is 22.7 Å². The summed E-state index contributed by atoms with van der Waals surface area (Å²) in [6, 6.07) is 24.8. The maximum atomic E-state index is 12.4. The summed E-state index contributed by atoms with van der Waals surface area (Å²) in [5, 5.41) is 4.50. The number of esters is 1. The lowest BCUT2D eigenvalue weighted by Crippen LogP contribution is -2.18. The van der Waals surface area contributed by atoms with Crippen LogP contribution in [0.1, 0.15) is 26.3 Å². The minimum absolute atomic E-state index is 0.128. The Bertz CT molecular complexity index is 1610. The second-order valence-electron chi connectivity index (χ2n) is 7.78. The zero-order valence-corrected chi connectivity index (χ0v) is 21.8. The van der Waals surface area contributed by atoms with Gasteiger partial charge in [-0.25, -0.2) is 18.6 Å². The number of nitrogens with zero attached hydrogens (tertiary/aromatic N) is 1. The van der Waals surface area contributed by atoms with E-state index in [2.05, 4.69) is 15.2 Å². The van der Waals surface area contributed by atoms with E-state index < -0.39 is 21.9 Å². The number of hydrazone groups is 1. The van der Waals surface area contributed by atoms with E-state index in [0.29, 0.717) is 16.3 Å². The molecule has 0 aromatic heterocycles. The molecule has 0 spiro atoms. The molecule has 192 valence electrons. The van der Waals surface area contributed by atoms with E-state index in [1.807, 2.05) is 0 Å². The molecule has 8 nitrogen and oxygen atoms in total. The number of sulfonamides is 1. The summed E-state index contributed by atoms with van der Waals surface area (Å²) in [6.07, 6.45) is 1.38. The number of amides is 1. The van der Waals surface area contributed by atoms with Crippen LogP contribution in [0.5, 0.6) is 5.75 Å². The minimum Gasteiger partial charge on any atom is -0.423 e. The predicted octanol–water partition coefficient (Wildman–Crippen LogP) is 5.78. The molecule has 0 bridgehead atoms. The summed E-state index contributed by atoms with van der Waals surface area (Å²) in [7, 11) is -3.74. The van der Waals surface area contributed by atoms with Crippen LogP contribution in [0.25, 0.3) is 0 Å². The van der Waals surface area contributed by atoms with Crippen molar-refractivity contribution in [3.8, 4) is 5.75 Å². The number of hydrogen-bond donors (Lipinski definition) is 2. The Morgan fingerprint density at radius 2 is 1.58 bits per heavy atom. The molecule has 0 fully saturated rings. The van der Waals surface area contributed by atoms with E-state index in [4.69, 9.17) is 27.9 Å². The highest BCUT2D eigenvalue weighted by Crippen LogP contribution is 2.23. The average Bonchev–Trinajstić information content (AvgIpc) is 2.89. The van der Waals surface area contributed by atoms with Crippen LogP contribution in [0.3, 0.4) is 0 Å². The van der Waals surface area contributed by atoms with E-state index in [-0.39, 0.29) is 26.8 Å². The first-order valence-corrected chi connectivity index (χ1v) is 13.2. The summed E-state index contributed by atoms with van der Waals surface area (Å²) >= 11 is 11.9. The highest BCUT2D eigenvalue weighted by atomic mass is 35.5. The van der Waals surface area contributed by atoms with Gasteiger partial charge in [0.05, 0.1) is 21.7 Å². The molecule has 2 N–H and O–H groups in total. The molecule has 0 radical (unpaired) electrons. The van der Waals surface area contributed by atoms with Gasteiger partial charge >= 0.3 is 5.97 Å². The highest BCUT2D eigenvalue weighted by Gasteiger charge is 2.15. The number of rotatable bonds is 8. The molecule has 0 saturated carbocycles. The molecule has 11 heteroatoms. The molecular weight excluding hydrogens is 549 g/mol. The Labute approximate surface area is 228 Å². The van der Waals surface area contributed by atoms with Gasteiger partial charge in [-0.15, -0.1) is 0 Å². The number of carbonyl (C=O) groups excluding carboxylic acids is 2. The molecule has 0 aliphatic rings. The van der Waals surface area contributed by atoms with Gasteiger partial charge in [0, 0.05) is 16.3 Å². The summed E-state index contributed by atoms with van der Waals surface area (Å²) in [6.45, 7) is 0. The molecule has 0 atom stereocenters. The first-order chi connectivity index (χ1) is 18.2. The third-order valence-electron chi connectivity index (χ3n) is 5.05. The van der Waals surface area contributed by atoms with Crippen molar-refractivity contribution in [3.63, 3.8) is 0 Å². The lowest BCUT2D eigenvalue weighted by atomic mass is 10.2. The fourth-order valence-corrected chi connectivity index (χ4v) is 4.77. The molecule has 0 unspecified atom stereocenters. The van der Waals surface area contributed by atoms with Crippen LogP contribution < -0.4 is 14.9 Å². The molecule has 4 aromatic rings. The number of hydrogen-bond acceptors (Lipinski definition) is 6. The highest BCUT2D eigenvalue weighted by molar-refractivity contribution is 7.92. The van der Waals surface area contributed by atoms with E-state index in [9.17, 15) is 18.0 Å². The van der Waals surface area contributed by atoms with Crippen molar-refractivity contribution in [1.82, 2.24) is 5.43 Å². The van der Waals surface area contributed by atoms with Crippen LogP contribution >= 0.6 is 23.2 Å². The minimum atomic E-state index is -3.74. The second-order valence-corrected chi connectivity index (χ2v) is 10.3. The van der Waals surface area contributed by atoms with Gasteiger partial charge in [0.2, 0.25) is 0 Å². The molecule has 4 aromatic carbocycles. The van der Waals surface area contributed by atoms with Gasteiger partial charge < -0.3 is 4.74 Å². The largest absolute Gasteiger partial charge is 0.423 e. The van der Waals surface area contributed by atoms with Crippen LogP contribution in [0.2, 0.25) is 10.0 Å². The summed E-state index contributed by atoms with van der Waals surface area (Å²) in [4.78, 5) is 25.0. The molecule has 0 saturated heterocycles. The first kappa shape index (κ1) is 26.9. The fourth-order valence-electron chi connectivity index (χ4n) is 3.21. The zero-order valence-electron chi connectivity index (χ0n) is 19.5. The van der Waals surface area contributed by atoms with Crippen LogP contribution in [0.4, 0.5) is 5.69 Å². The number of benzene rings is 4. The molecule has 1 amide bonds. The Hall–Kier alpha value is -4.18. The normalized spacial score (nSPS) is 11.2. The zero-order chi connectivity index (χ0) is 27.1. The molecule has 0 aliphatic carbocycles. The van der Waals surface area contributed by atoms with Gasteiger partial charge in [-0.2, -0.15) is 5.10 Å². The van der Waals surface area contributed by atoms with E-state index in [1.54, 1.807) is 42.5 Å². The number of ether oxygens (including phenoxy) is 1. The smallest absolute Gasteiger partial charge is 0.345 e. The Kier molecular flexibility index (Phi) is 8.42. The first-order valence-electron chi connectivity index (χ1n) is 11.0. The van der Waals surface area contributed by atoms with Crippen LogP contribution in [0, 0.1) is 0 Å². The maximum absolute atomic E-state index is 12.4. The quantitative estimate of drug-likeness (QED) is 0.121. The summed E-state index contributed by atoms with van der Waals surface area (Å²) in [5.74, 6) is -0.896. The SMILES string of the molecule is O=C(N/N=C/c1cccc(OC(=O)c2ccc(Cl)cc2Cl)c1)c1ccc(NS(=O)(=O)c2ccccc2)cc1. The molecule has 4 rings (SSSR count). The second kappa shape index (κ2) is 11.9. The monoisotopic (exact) mass is 567 g/mol. The predicted molar refractivity (Wildman–Crippen MR) is 147 cm³/mol. The van der Waals surface area contributed by atoms with Gasteiger partial charge in [-0.05, 0) is 72.3 Å². The van der Waals surface area contributed by atoms with Gasteiger partial charge in [0.1, 0.15) is 5.75 Å². The van der Waals surface area contributed by atoms with Crippen molar-refractivity contribution in [2.45, 2.75) is 4.90 Å². The summed E-state index contributed by atoms with van der Waals surface area (Å²) in [5.41, 5.74) is 3.70. The van der Waals surface area contributed by atoms with Crippen molar-refractivity contribution in [2.24, 2.45) is 5.10 Å². The van der Waals surface area contributed by atoms with E-state index in [1.165, 1.54) is 60.8 Å². The number of carbonyl (C=O) groups is 2. The Morgan fingerprint density at radius 1 is 0.842 bits per heavy atom. The summed E-state index contributed by atoms with van der Waals surface area (Å²) < 4.78 is 32.7. The Balaban J connectivity index is 1.35. The lowest BCUT2D eigenvalue weighted by molar-refractivity contribution is 0.0734. The Morgan fingerprint density at radius 3 is 2.29 bits per heavy atom. The molecule has 0 heterocycles. The number of nitrogens with one attached hydrogen (secondary N) is 2. The van der Waals surface area contributed by atoms with Crippen LogP contribution in [-0.2, 0) is 10.0 Å². The third-order valence-corrected chi connectivity index (χ3v) is 7.00. The number of halogens is 2. The van der Waals surface area contributed by atoms with Gasteiger partial charge in [0.15, 0.2) is 0 Å². The van der Waals surface area contributed by atoms with Gasteiger partial charge in [0.25, 0.3) is 15.9 Å². The van der Waals surface area contributed by atoms with Crippen molar-refractivity contribution in [3.05, 3.63) is 124 Å². The van der Waals surface area contributed by atoms with Gasteiger partial charge in [-0.1, -0.05) is 53.5 Å². The lowest BCUT2D eigenvalue weighted by Gasteiger charge is -2.08. The number of anilines is 1. The maximum Gasteiger partial charge on any atom is 0.345 e. The molecule has 0 aliphatic heterocycles. The average molecular weight is 568 g/mol. The standard InChI is InChI=1S/C27H19Cl2N3O5S/c28-20-11-14-24(25(29)16-20)27(34)37-22-6-4-5-18(15-22)17-30-31-26(33)19-9-12-21(13-10-19)32-38(35,36)23-7-2-1-3-8-23/h1-17,32H,(H,31,33)/b30-17+. The third kappa shape index (κ3) is 6.98. The fraction of sp³-hybridized carbons (Fsp3) is 0. The van der Waals surface area contributed by atoms with Gasteiger partial charge in [-0.3, -0.25) is 9.52 Å². The van der Waals surface area contributed by atoms with Crippen LogP contribution in [-0.4, -0.2) is 26.5 Å². The van der Waals surface area contributed by atoms with Crippen LogP contribution in [0.15, 0.2) is 107 Å². The van der Waals surface area contributed by atoms with E-state index in [0.717, 1.165) is 0 Å². The van der Waals surface area contributed by atoms with Crippen molar-refractivity contribution in [2.75, 3.05) is 4.72 Å². The topological polar surface area (TPSA) is 114 Å². The molecular formula is C27H19Cl2N3O5S. The van der Waals surface area contributed by atoms with Crippen molar-refractivity contribution in [1.29, 1.82) is 0 Å². The molecule has 38 heavy (non-hydrogen) atoms.